The quantitative estimate of drug-likeness (QED) is 0.383. The number of ether oxygens (including phenoxy) is 1. The number of carbonyl (C=O) groups is 1. The third-order valence-corrected chi connectivity index (χ3v) is 6.96. The van der Waals surface area contributed by atoms with Gasteiger partial charge in [-0.25, -0.2) is 4.39 Å². The maximum atomic E-state index is 15.1. The summed E-state index contributed by atoms with van der Waals surface area (Å²) >= 11 is 6.04. The minimum Gasteiger partial charge on any atom is -0.434 e. The smallest absolute Gasteiger partial charge is 0.291 e. The van der Waals surface area contributed by atoms with Crippen LogP contribution in [0.25, 0.3) is 0 Å². The number of nitrogens with one attached hydrogen (secondary N) is 1. The van der Waals surface area contributed by atoms with Crippen LogP contribution in [0.15, 0.2) is 36.4 Å². The first-order chi connectivity index (χ1) is 17.2. The summed E-state index contributed by atoms with van der Waals surface area (Å²) in [5, 5.41) is 10.5. The van der Waals surface area contributed by atoms with E-state index in [1.165, 1.54) is 24.3 Å². The molecule has 36 heavy (non-hydrogen) atoms. The Morgan fingerprint density at radius 3 is 2.69 bits per heavy atom. The number of fused-ring (bicyclic) bond motifs is 1. The number of hydrogen-bond donors (Lipinski definition) is 1. The van der Waals surface area contributed by atoms with Crippen LogP contribution in [0, 0.1) is 12.7 Å². The molecule has 0 aliphatic heterocycles. The summed E-state index contributed by atoms with van der Waals surface area (Å²) < 4.78 is 50.8. The molecule has 1 fully saturated rings. The number of alkyl halides is 2. The minimum absolute atomic E-state index is 0.0155. The van der Waals surface area contributed by atoms with E-state index >= 15 is 4.39 Å². The topological polar surface area (TPSA) is 64.1 Å². The average Bonchev–Trinajstić information content (AvgIpc) is 3.69. The molecule has 2 aliphatic rings. The van der Waals surface area contributed by atoms with Gasteiger partial charge < -0.3 is 10.1 Å². The summed E-state index contributed by atoms with van der Waals surface area (Å²) in [6, 6.07) is 9.09. The van der Waals surface area contributed by atoms with Crippen molar-refractivity contribution in [1.29, 1.82) is 0 Å². The molecule has 9 heteroatoms. The van der Waals surface area contributed by atoms with Gasteiger partial charge in [0.1, 0.15) is 5.56 Å². The lowest BCUT2D eigenvalue weighted by Crippen LogP contribution is -2.36. The standard InChI is InChI=1S/C27H25ClF3N3O2/c1-15-9-12-19(20(28)13-15)27(30,31)14-32-25(35)23-18-5-2-3-7-21(18)33-34-26(23)36-22-8-4-6-17(24(22)29)16-10-11-16/h4,6,8-9,12-13,16H,2-3,5,7,10-11,14H2,1H3,(H,32,35). The Balaban J connectivity index is 1.44. The molecule has 0 bridgehead atoms. The highest BCUT2D eigenvalue weighted by Gasteiger charge is 2.36. The fourth-order valence-electron chi connectivity index (χ4n) is 4.57. The molecule has 0 atom stereocenters. The maximum absolute atomic E-state index is 15.1. The second kappa shape index (κ2) is 9.73. The number of benzene rings is 2. The number of halogens is 4. The normalized spacial score (nSPS) is 15.4. The molecule has 0 saturated heterocycles. The molecule has 0 radical (unpaired) electrons. The first-order valence-electron chi connectivity index (χ1n) is 12.0. The van der Waals surface area contributed by atoms with E-state index in [2.05, 4.69) is 15.5 Å². The van der Waals surface area contributed by atoms with Gasteiger partial charge in [-0.3, -0.25) is 4.79 Å². The molecule has 0 unspecified atom stereocenters. The van der Waals surface area contributed by atoms with E-state index in [1.54, 1.807) is 19.1 Å². The van der Waals surface area contributed by atoms with E-state index in [9.17, 15) is 13.6 Å². The van der Waals surface area contributed by atoms with Crippen LogP contribution in [-0.4, -0.2) is 22.6 Å². The Hall–Kier alpha value is -3.13. The van der Waals surface area contributed by atoms with E-state index in [4.69, 9.17) is 16.3 Å². The van der Waals surface area contributed by atoms with Gasteiger partial charge in [-0.15, -0.1) is 5.10 Å². The van der Waals surface area contributed by atoms with Gasteiger partial charge in [-0.05, 0) is 80.2 Å². The van der Waals surface area contributed by atoms with Crippen molar-refractivity contribution < 1.29 is 22.7 Å². The lowest BCUT2D eigenvalue weighted by molar-refractivity contribution is -0.00242. The summed E-state index contributed by atoms with van der Waals surface area (Å²) in [5.74, 6) is -4.81. The number of aromatic nitrogens is 2. The first kappa shape index (κ1) is 24.6. The molecular formula is C27H25ClF3N3O2. The highest BCUT2D eigenvalue weighted by atomic mass is 35.5. The van der Waals surface area contributed by atoms with E-state index in [-0.39, 0.29) is 33.7 Å². The number of aryl methyl sites for hydroxylation is 2. The van der Waals surface area contributed by atoms with Crippen molar-refractivity contribution in [2.45, 2.75) is 57.3 Å². The van der Waals surface area contributed by atoms with Crippen molar-refractivity contribution in [3.63, 3.8) is 0 Å². The van der Waals surface area contributed by atoms with Crippen molar-refractivity contribution in [2.75, 3.05) is 6.54 Å². The van der Waals surface area contributed by atoms with Crippen LogP contribution in [-0.2, 0) is 18.8 Å². The van der Waals surface area contributed by atoms with Gasteiger partial charge in [0.25, 0.3) is 17.7 Å². The lowest BCUT2D eigenvalue weighted by Gasteiger charge is -2.22. The second-order valence-electron chi connectivity index (χ2n) is 9.42. The predicted octanol–water partition coefficient (Wildman–Crippen LogP) is 6.65. The molecule has 2 aromatic carbocycles. The van der Waals surface area contributed by atoms with Crippen molar-refractivity contribution in [2.24, 2.45) is 0 Å². The van der Waals surface area contributed by atoms with Crippen LogP contribution < -0.4 is 10.1 Å². The van der Waals surface area contributed by atoms with Crippen molar-refractivity contribution >= 4 is 17.5 Å². The molecule has 5 nitrogen and oxygen atoms in total. The molecule has 2 aliphatic carbocycles. The van der Waals surface area contributed by atoms with Gasteiger partial charge in [0.2, 0.25) is 0 Å². The molecule has 1 aromatic heterocycles. The molecule has 188 valence electrons. The van der Waals surface area contributed by atoms with Crippen LogP contribution in [0.3, 0.4) is 0 Å². The minimum atomic E-state index is -3.41. The van der Waals surface area contributed by atoms with Crippen molar-refractivity contribution in [3.8, 4) is 11.6 Å². The number of nitrogens with zero attached hydrogens (tertiary/aromatic N) is 2. The number of amides is 1. The predicted molar refractivity (Wildman–Crippen MR) is 130 cm³/mol. The summed E-state index contributed by atoms with van der Waals surface area (Å²) in [6.45, 7) is 0.774. The molecule has 3 aromatic rings. The lowest BCUT2D eigenvalue weighted by atomic mass is 9.92. The number of carbonyl (C=O) groups excluding carboxylic acids is 1. The highest BCUT2D eigenvalue weighted by Crippen LogP contribution is 2.43. The summed E-state index contributed by atoms with van der Waals surface area (Å²) in [4.78, 5) is 13.3. The highest BCUT2D eigenvalue weighted by molar-refractivity contribution is 6.31. The monoisotopic (exact) mass is 515 g/mol. The summed E-state index contributed by atoms with van der Waals surface area (Å²) in [6.07, 6.45) is 4.64. The third-order valence-electron chi connectivity index (χ3n) is 6.65. The molecule has 5 rings (SSSR count). The van der Waals surface area contributed by atoms with Gasteiger partial charge in [-0.1, -0.05) is 35.9 Å². The zero-order valence-electron chi connectivity index (χ0n) is 19.7. The summed E-state index contributed by atoms with van der Waals surface area (Å²) in [5.41, 5.74) is 2.16. The summed E-state index contributed by atoms with van der Waals surface area (Å²) in [7, 11) is 0. The zero-order chi connectivity index (χ0) is 25.4. The average molecular weight is 516 g/mol. The van der Waals surface area contributed by atoms with Gasteiger partial charge in [0, 0.05) is 5.56 Å². The van der Waals surface area contributed by atoms with E-state index in [0.29, 0.717) is 29.7 Å². The molecule has 1 saturated carbocycles. The van der Waals surface area contributed by atoms with Gasteiger partial charge in [0.05, 0.1) is 17.3 Å². The fraction of sp³-hybridized carbons (Fsp3) is 0.370. The SMILES string of the molecule is Cc1ccc(C(F)(F)CNC(=O)c2c(Oc3cccc(C4CC4)c3F)nnc3c2CCCC3)c(Cl)c1. The molecule has 0 spiro atoms. The Labute approximate surface area is 212 Å². The molecule has 1 amide bonds. The van der Waals surface area contributed by atoms with Crippen molar-refractivity contribution in [1.82, 2.24) is 15.5 Å². The van der Waals surface area contributed by atoms with E-state index in [1.807, 2.05) is 0 Å². The molecule has 1 N–H and O–H groups in total. The Bertz CT molecular complexity index is 1330. The largest absolute Gasteiger partial charge is 0.434 e. The van der Waals surface area contributed by atoms with E-state index < -0.39 is 24.2 Å². The van der Waals surface area contributed by atoms with Crippen LogP contribution in [0.5, 0.6) is 11.6 Å². The molecule has 1 heterocycles. The number of hydrogen-bond acceptors (Lipinski definition) is 4. The van der Waals surface area contributed by atoms with Gasteiger partial charge in [-0.2, -0.15) is 13.9 Å². The van der Waals surface area contributed by atoms with Crippen LogP contribution >= 0.6 is 11.6 Å². The fourth-order valence-corrected chi connectivity index (χ4v) is 4.94. The zero-order valence-corrected chi connectivity index (χ0v) is 20.5. The third kappa shape index (κ3) is 4.91. The first-order valence-corrected chi connectivity index (χ1v) is 12.4. The molecular weight excluding hydrogens is 491 g/mol. The van der Waals surface area contributed by atoms with Crippen LogP contribution in [0.2, 0.25) is 5.02 Å². The van der Waals surface area contributed by atoms with Crippen LogP contribution in [0.4, 0.5) is 13.2 Å². The van der Waals surface area contributed by atoms with Crippen molar-refractivity contribution in [3.05, 3.63) is 80.7 Å². The van der Waals surface area contributed by atoms with Gasteiger partial charge >= 0.3 is 0 Å². The van der Waals surface area contributed by atoms with E-state index in [0.717, 1.165) is 31.2 Å². The second-order valence-corrected chi connectivity index (χ2v) is 9.83. The Kier molecular flexibility index (Phi) is 6.64. The van der Waals surface area contributed by atoms with Gasteiger partial charge in [0.15, 0.2) is 11.6 Å². The Morgan fingerprint density at radius 1 is 1.17 bits per heavy atom. The Morgan fingerprint density at radius 2 is 1.94 bits per heavy atom. The van der Waals surface area contributed by atoms with Crippen LogP contribution in [0.1, 0.15) is 69.9 Å². The maximum Gasteiger partial charge on any atom is 0.291 e. The number of rotatable bonds is 7.